The summed E-state index contributed by atoms with van der Waals surface area (Å²) in [4.78, 5) is 17.8. The molecule has 0 spiro atoms. The summed E-state index contributed by atoms with van der Waals surface area (Å²) in [5, 5.41) is 5.81. The van der Waals surface area contributed by atoms with Crippen LogP contribution in [0.3, 0.4) is 0 Å². The van der Waals surface area contributed by atoms with Gasteiger partial charge in [0.25, 0.3) is 16.1 Å². The third kappa shape index (κ3) is 4.75. The molecule has 1 saturated heterocycles. The second kappa shape index (κ2) is 8.38. The monoisotopic (exact) mass is 410 g/mol. The van der Waals surface area contributed by atoms with E-state index >= 15 is 0 Å². The SMILES string of the molecule is COc1cc2cc(C(=O)N3CCC(CCNS(N)(=O)=O)CC3)[nH]c2cc1OC. The van der Waals surface area contributed by atoms with E-state index in [0.29, 0.717) is 49.2 Å². The molecule has 154 valence electrons. The van der Waals surface area contributed by atoms with Gasteiger partial charge in [0, 0.05) is 36.6 Å². The highest BCUT2D eigenvalue weighted by Gasteiger charge is 2.25. The normalized spacial score (nSPS) is 15.8. The molecule has 4 N–H and O–H groups in total. The minimum atomic E-state index is -3.64. The first-order chi connectivity index (χ1) is 13.3. The van der Waals surface area contributed by atoms with Crippen LogP contribution in [0.4, 0.5) is 0 Å². The van der Waals surface area contributed by atoms with Gasteiger partial charge in [-0.2, -0.15) is 8.42 Å². The number of fused-ring (bicyclic) bond motifs is 1. The molecule has 0 saturated carbocycles. The minimum absolute atomic E-state index is 0.0461. The van der Waals surface area contributed by atoms with Crippen LogP contribution < -0.4 is 19.3 Å². The first-order valence-electron chi connectivity index (χ1n) is 9.12. The van der Waals surface area contributed by atoms with Crippen LogP contribution in [0.2, 0.25) is 0 Å². The number of carbonyl (C=O) groups is 1. The molecular formula is C18H26N4O5S. The summed E-state index contributed by atoms with van der Waals surface area (Å²) in [7, 11) is -0.500. The number of amides is 1. The van der Waals surface area contributed by atoms with Gasteiger partial charge in [-0.1, -0.05) is 0 Å². The van der Waals surface area contributed by atoms with E-state index in [-0.39, 0.29) is 5.91 Å². The summed E-state index contributed by atoms with van der Waals surface area (Å²) in [5.74, 6) is 1.54. The Morgan fingerprint density at radius 3 is 2.46 bits per heavy atom. The van der Waals surface area contributed by atoms with Crippen LogP contribution in [0.15, 0.2) is 18.2 Å². The maximum absolute atomic E-state index is 12.9. The fraction of sp³-hybridized carbons (Fsp3) is 0.500. The number of ether oxygens (including phenoxy) is 2. The van der Waals surface area contributed by atoms with E-state index in [1.54, 1.807) is 14.2 Å². The lowest BCUT2D eigenvalue weighted by Gasteiger charge is -2.31. The Morgan fingerprint density at radius 1 is 1.21 bits per heavy atom. The Bertz CT molecular complexity index is 907. The Kier molecular flexibility index (Phi) is 6.11. The zero-order chi connectivity index (χ0) is 20.3. The number of piperidine rings is 1. The average Bonchev–Trinajstić information content (AvgIpc) is 3.08. The molecule has 1 fully saturated rings. The number of nitrogens with one attached hydrogen (secondary N) is 2. The number of hydrogen-bond acceptors (Lipinski definition) is 5. The lowest BCUT2D eigenvalue weighted by Crippen LogP contribution is -2.39. The molecule has 1 aromatic heterocycles. The second-order valence-electron chi connectivity index (χ2n) is 6.94. The maximum Gasteiger partial charge on any atom is 0.274 e. The summed E-state index contributed by atoms with van der Waals surface area (Å²) in [6.07, 6.45) is 2.38. The van der Waals surface area contributed by atoms with Crippen molar-refractivity contribution in [3.8, 4) is 11.5 Å². The lowest BCUT2D eigenvalue weighted by molar-refractivity contribution is 0.0682. The van der Waals surface area contributed by atoms with Crippen molar-refractivity contribution in [3.63, 3.8) is 0 Å². The number of H-pyrrole nitrogens is 1. The van der Waals surface area contributed by atoms with Gasteiger partial charge in [0.15, 0.2) is 11.5 Å². The van der Waals surface area contributed by atoms with Gasteiger partial charge in [0.1, 0.15) is 5.69 Å². The Hall–Kier alpha value is -2.30. The van der Waals surface area contributed by atoms with Gasteiger partial charge in [-0.15, -0.1) is 0 Å². The van der Waals surface area contributed by atoms with Crippen molar-refractivity contribution in [1.29, 1.82) is 0 Å². The van der Waals surface area contributed by atoms with E-state index in [1.165, 1.54) is 0 Å². The molecule has 0 atom stereocenters. The Labute approximate surface area is 164 Å². The molecule has 9 nitrogen and oxygen atoms in total. The van der Waals surface area contributed by atoms with Crippen LogP contribution in [0, 0.1) is 5.92 Å². The van der Waals surface area contributed by atoms with Gasteiger partial charge in [-0.3, -0.25) is 4.79 Å². The number of aromatic nitrogens is 1. The van der Waals surface area contributed by atoms with Crippen LogP contribution in [0.1, 0.15) is 29.8 Å². The molecule has 3 rings (SSSR count). The number of hydrogen-bond donors (Lipinski definition) is 3. The van der Waals surface area contributed by atoms with E-state index in [1.807, 2.05) is 23.1 Å². The highest BCUT2D eigenvalue weighted by Crippen LogP contribution is 2.32. The third-order valence-corrected chi connectivity index (χ3v) is 5.72. The van der Waals surface area contributed by atoms with E-state index in [0.717, 1.165) is 23.7 Å². The highest BCUT2D eigenvalue weighted by atomic mass is 32.2. The summed E-state index contributed by atoms with van der Waals surface area (Å²) in [6.45, 7) is 1.60. The zero-order valence-corrected chi connectivity index (χ0v) is 16.8. The fourth-order valence-corrected chi connectivity index (χ4v) is 3.98. The van der Waals surface area contributed by atoms with Gasteiger partial charge in [-0.05, 0) is 37.3 Å². The van der Waals surface area contributed by atoms with Crippen LogP contribution in [-0.2, 0) is 10.2 Å². The summed E-state index contributed by atoms with van der Waals surface area (Å²) in [5.41, 5.74) is 1.34. The van der Waals surface area contributed by atoms with E-state index in [2.05, 4.69) is 9.71 Å². The molecule has 1 amide bonds. The van der Waals surface area contributed by atoms with Crippen LogP contribution in [-0.4, -0.2) is 58.1 Å². The van der Waals surface area contributed by atoms with E-state index in [9.17, 15) is 13.2 Å². The smallest absolute Gasteiger partial charge is 0.274 e. The molecule has 2 aromatic rings. The lowest BCUT2D eigenvalue weighted by atomic mass is 9.93. The molecule has 0 unspecified atom stereocenters. The van der Waals surface area contributed by atoms with Crippen LogP contribution in [0.5, 0.6) is 11.5 Å². The average molecular weight is 410 g/mol. The molecule has 0 radical (unpaired) electrons. The highest BCUT2D eigenvalue weighted by molar-refractivity contribution is 7.87. The number of aromatic amines is 1. The Balaban J connectivity index is 1.62. The minimum Gasteiger partial charge on any atom is -0.493 e. The van der Waals surface area contributed by atoms with Gasteiger partial charge in [0.05, 0.1) is 14.2 Å². The number of nitrogens with zero attached hydrogens (tertiary/aromatic N) is 1. The van der Waals surface area contributed by atoms with Crippen molar-refractivity contribution in [2.45, 2.75) is 19.3 Å². The second-order valence-corrected chi connectivity index (χ2v) is 8.32. The first-order valence-corrected chi connectivity index (χ1v) is 10.7. The molecule has 0 bridgehead atoms. The predicted molar refractivity (Wildman–Crippen MR) is 106 cm³/mol. The fourth-order valence-electron chi connectivity index (χ4n) is 3.57. The van der Waals surface area contributed by atoms with Crippen molar-refractivity contribution < 1.29 is 22.7 Å². The van der Waals surface area contributed by atoms with Crippen LogP contribution >= 0.6 is 0 Å². The van der Waals surface area contributed by atoms with Crippen molar-refractivity contribution in [3.05, 3.63) is 23.9 Å². The van der Waals surface area contributed by atoms with Gasteiger partial charge < -0.3 is 19.4 Å². The third-order valence-electron chi connectivity index (χ3n) is 5.11. The molecule has 1 aliphatic heterocycles. The number of benzene rings is 1. The van der Waals surface area contributed by atoms with Crippen molar-refractivity contribution in [1.82, 2.24) is 14.6 Å². The van der Waals surface area contributed by atoms with E-state index < -0.39 is 10.2 Å². The maximum atomic E-state index is 12.9. The quantitative estimate of drug-likeness (QED) is 0.633. The van der Waals surface area contributed by atoms with Gasteiger partial charge in [0.2, 0.25) is 0 Å². The molecule has 28 heavy (non-hydrogen) atoms. The number of likely N-dealkylation sites (tertiary alicyclic amines) is 1. The topological polar surface area (TPSA) is 127 Å². The summed E-state index contributed by atoms with van der Waals surface area (Å²) < 4.78 is 34.8. The van der Waals surface area contributed by atoms with Gasteiger partial charge in [-0.25, -0.2) is 9.86 Å². The van der Waals surface area contributed by atoms with Crippen LogP contribution in [0.25, 0.3) is 10.9 Å². The molecule has 1 aromatic carbocycles. The summed E-state index contributed by atoms with van der Waals surface area (Å²) in [6, 6.07) is 5.48. The summed E-state index contributed by atoms with van der Waals surface area (Å²) >= 11 is 0. The number of carbonyl (C=O) groups excluding carboxylic acids is 1. The Morgan fingerprint density at radius 2 is 1.86 bits per heavy atom. The standard InChI is InChI=1S/C18H26N4O5S/c1-26-16-10-13-9-15(21-14(13)11-17(16)27-2)18(23)22-7-4-12(5-8-22)3-6-20-28(19,24)25/h9-12,20-21H,3-8H2,1-2H3,(H2,19,24,25). The molecule has 1 aliphatic rings. The predicted octanol–water partition coefficient (Wildman–Crippen LogP) is 1.22. The molecule has 10 heteroatoms. The zero-order valence-electron chi connectivity index (χ0n) is 16.0. The number of rotatable bonds is 7. The van der Waals surface area contributed by atoms with Crippen molar-refractivity contribution in [2.24, 2.45) is 11.1 Å². The first kappa shape index (κ1) is 20.4. The van der Waals surface area contributed by atoms with E-state index in [4.69, 9.17) is 14.6 Å². The number of nitrogens with two attached hydrogens (primary N) is 1. The van der Waals surface area contributed by atoms with Crippen molar-refractivity contribution in [2.75, 3.05) is 33.9 Å². The molecule has 0 aliphatic carbocycles. The molecule has 2 heterocycles. The largest absolute Gasteiger partial charge is 0.493 e. The van der Waals surface area contributed by atoms with Gasteiger partial charge >= 0.3 is 0 Å². The molecular weight excluding hydrogens is 384 g/mol. The van der Waals surface area contributed by atoms with Crippen molar-refractivity contribution >= 4 is 27.0 Å². The number of methoxy groups -OCH3 is 2.